The maximum atomic E-state index is 13.0. The van der Waals surface area contributed by atoms with Crippen molar-refractivity contribution in [2.24, 2.45) is 0 Å². The van der Waals surface area contributed by atoms with E-state index in [2.05, 4.69) is 5.32 Å². The number of likely N-dealkylation sites (N-methyl/N-ethyl adjacent to an activating group) is 1. The first-order chi connectivity index (χ1) is 15.2. The number of hydrogen-bond acceptors (Lipinski definition) is 5. The standard InChI is InChI=1S/C24H27N3O4S/c1-4-27-23(28)21(18-11-10-16(2)17(3)14-18)22(24(27)29)25-19-8-7-9-20(15-19)32(30,31)26-12-5-6-13-26/h7-11,14-15,25H,4-6,12-13H2,1-3H3. The van der Waals surface area contributed by atoms with Crippen molar-refractivity contribution < 1.29 is 18.0 Å². The maximum Gasteiger partial charge on any atom is 0.278 e. The normalized spacial score (nSPS) is 17.5. The Kier molecular flexibility index (Phi) is 5.92. The highest BCUT2D eigenvalue weighted by atomic mass is 32.2. The summed E-state index contributed by atoms with van der Waals surface area (Å²) >= 11 is 0. The Balaban J connectivity index is 1.75. The molecule has 32 heavy (non-hydrogen) atoms. The second kappa shape index (κ2) is 8.52. The van der Waals surface area contributed by atoms with E-state index in [1.54, 1.807) is 25.1 Å². The lowest BCUT2D eigenvalue weighted by atomic mass is 9.99. The number of carbonyl (C=O) groups excluding carboxylic acids is 2. The average Bonchev–Trinajstić information content (AvgIpc) is 3.39. The van der Waals surface area contributed by atoms with Crippen molar-refractivity contribution >= 4 is 33.1 Å². The van der Waals surface area contributed by atoms with Crippen LogP contribution in [0.15, 0.2) is 53.1 Å². The smallest absolute Gasteiger partial charge is 0.278 e. The molecule has 0 spiro atoms. The van der Waals surface area contributed by atoms with Gasteiger partial charge in [0.2, 0.25) is 10.0 Å². The van der Waals surface area contributed by atoms with Gasteiger partial charge in [0.05, 0.1) is 10.5 Å². The molecule has 2 aromatic carbocycles. The molecule has 0 atom stereocenters. The molecule has 2 amide bonds. The molecular weight excluding hydrogens is 426 g/mol. The number of hydrogen-bond donors (Lipinski definition) is 1. The van der Waals surface area contributed by atoms with E-state index in [0.717, 1.165) is 24.0 Å². The lowest BCUT2D eigenvalue weighted by Gasteiger charge is -2.16. The van der Waals surface area contributed by atoms with E-state index in [1.807, 2.05) is 32.0 Å². The summed E-state index contributed by atoms with van der Waals surface area (Å²) in [6, 6.07) is 12.1. The van der Waals surface area contributed by atoms with E-state index in [4.69, 9.17) is 0 Å². The molecule has 0 radical (unpaired) electrons. The van der Waals surface area contributed by atoms with E-state index < -0.39 is 15.9 Å². The fraction of sp³-hybridized carbons (Fsp3) is 0.333. The van der Waals surface area contributed by atoms with Crippen LogP contribution in [0, 0.1) is 13.8 Å². The van der Waals surface area contributed by atoms with Gasteiger partial charge in [-0.1, -0.05) is 24.3 Å². The van der Waals surface area contributed by atoms with Gasteiger partial charge in [0, 0.05) is 25.3 Å². The number of nitrogens with zero attached hydrogens (tertiary/aromatic N) is 2. The zero-order valence-electron chi connectivity index (χ0n) is 18.5. The van der Waals surface area contributed by atoms with Gasteiger partial charge < -0.3 is 5.32 Å². The molecular formula is C24H27N3O4S. The number of nitrogens with one attached hydrogen (secondary N) is 1. The second-order valence-electron chi connectivity index (χ2n) is 8.17. The lowest BCUT2D eigenvalue weighted by molar-refractivity contribution is -0.136. The molecule has 0 saturated carbocycles. The van der Waals surface area contributed by atoms with Crippen LogP contribution in [-0.4, -0.2) is 49.1 Å². The van der Waals surface area contributed by atoms with Gasteiger partial charge in [-0.25, -0.2) is 8.42 Å². The first-order valence-electron chi connectivity index (χ1n) is 10.8. The molecule has 2 aromatic rings. The van der Waals surface area contributed by atoms with Crippen LogP contribution in [0.4, 0.5) is 5.69 Å². The third-order valence-corrected chi connectivity index (χ3v) is 7.98. The third kappa shape index (κ3) is 3.84. The van der Waals surface area contributed by atoms with E-state index in [0.29, 0.717) is 29.9 Å². The molecule has 0 bridgehead atoms. The van der Waals surface area contributed by atoms with Gasteiger partial charge in [0.25, 0.3) is 11.8 Å². The monoisotopic (exact) mass is 453 g/mol. The molecule has 0 unspecified atom stereocenters. The molecule has 168 valence electrons. The zero-order valence-corrected chi connectivity index (χ0v) is 19.3. The van der Waals surface area contributed by atoms with Crippen molar-refractivity contribution in [2.45, 2.75) is 38.5 Å². The highest BCUT2D eigenvalue weighted by molar-refractivity contribution is 7.89. The summed E-state index contributed by atoms with van der Waals surface area (Å²) < 4.78 is 27.4. The Morgan fingerprint density at radius 3 is 2.31 bits per heavy atom. The first kappa shape index (κ1) is 22.2. The number of benzene rings is 2. The minimum atomic E-state index is -3.60. The molecule has 1 saturated heterocycles. The summed E-state index contributed by atoms with van der Waals surface area (Å²) in [4.78, 5) is 27.4. The predicted molar refractivity (Wildman–Crippen MR) is 123 cm³/mol. The Bertz CT molecular complexity index is 1230. The number of sulfonamides is 1. The van der Waals surface area contributed by atoms with Crippen LogP contribution in [0.2, 0.25) is 0 Å². The quantitative estimate of drug-likeness (QED) is 0.678. The predicted octanol–water partition coefficient (Wildman–Crippen LogP) is 3.30. The van der Waals surface area contributed by atoms with Gasteiger partial charge >= 0.3 is 0 Å². The average molecular weight is 454 g/mol. The number of carbonyl (C=O) groups is 2. The third-order valence-electron chi connectivity index (χ3n) is 6.09. The van der Waals surface area contributed by atoms with Crippen LogP contribution in [0.1, 0.15) is 36.5 Å². The summed E-state index contributed by atoms with van der Waals surface area (Å²) in [6.07, 6.45) is 1.71. The molecule has 0 aromatic heterocycles. The van der Waals surface area contributed by atoms with Crippen LogP contribution in [0.5, 0.6) is 0 Å². The number of imide groups is 1. The molecule has 2 aliphatic rings. The van der Waals surface area contributed by atoms with E-state index in [-0.39, 0.29) is 23.0 Å². The van der Waals surface area contributed by atoms with Crippen molar-refractivity contribution in [2.75, 3.05) is 25.0 Å². The molecule has 1 N–H and O–H groups in total. The Hall–Kier alpha value is -2.97. The summed E-state index contributed by atoms with van der Waals surface area (Å²) in [7, 11) is -3.60. The van der Waals surface area contributed by atoms with Crippen LogP contribution in [0.25, 0.3) is 5.57 Å². The summed E-state index contributed by atoms with van der Waals surface area (Å²) in [5, 5.41) is 3.06. The molecule has 8 heteroatoms. The number of amides is 2. The zero-order chi connectivity index (χ0) is 23.0. The Morgan fingerprint density at radius 2 is 1.66 bits per heavy atom. The van der Waals surface area contributed by atoms with Crippen LogP contribution in [-0.2, 0) is 19.6 Å². The van der Waals surface area contributed by atoms with Crippen molar-refractivity contribution in [1.82, 2.24) is 9.21 Å². The number of anilines is 1. The Morgan fingerprint density at radius 1 is 0.938 bits per heavy atom. The SMILES string of the molecule is CCN1C(=O)C(Nc2cccc(S(=O)(=O)N3CCCC3)c2)=C(c2ccc(C)c(C)c2)C1=O. The van der Waals surface area contributed by atoms with E-state index in [1.165, 1.54) is 15.3 Å². The molecule has 7 nitrogen and oxygen atoms in total. The van der Waals surface area contributed by atoms with Crippen molar-refractivity contribution in [3.8, 4) is 0 Å². The molecule has 1 fully saturated rings. The molecule has 4 rings (SSSR count). The van der Waals surface area contributed by atoms with Crippen LogP contribution in [0.3, 0.4) is 0 Å². The van der Waals surface area contributed by atoms with Gasteiger partial charge in [0.15, 0.2) is 0 Å². The van der Waals surface area contributed by atoms with Gasteiger partial charge in [0.1, 0.15) is 5.70 Å². The fourth-order valence-corrected chi connectivity index (χ4v) is 5.66. The minimum absolute atomic E-state index is 0.163. The lowest BCUT2D eigenvalue weighted by Crippen LogP contribution is -2.32. The fourth-order valence-electron chi connectivity index (χ4n) is 4.10. The van der Waals surface area contributed by atoms with Crippen molar-refractivity contribution in [1.29, 1.82) is 0 Å². The minimum Gasteiger partial charge on any atom is -0.350 e. The largest absolute Gasteiger partial charge is 0.350 e. The van der Waals surface area contributed by atoms with E-state index in [9.17, 15) is 18.0 Å². The molecule has 2 aliphatic heterocycles. The van der Waals surface area contributed by atoms with Crippen LogP contribution < -0.4 is 5.32 Å². The van der Waals surface area contributed by atoms with Gasteiger partial charge in [-0.3, -0.25) is 14.5 Å². The Labute approximate surface area is 188 Å². The summed E-state index contributed by atoms with van der Waals surface area (Å²) in [5.74, 6) is -0.775. The van der Waals surface area contributed by atoms with Gasteiger partial charge in [-0.15, -0.1) is 0 Å². The maximum absolute atomic E-state index is 13.0. The number of aryl methyl sites for hydroxylation is 2. The summed E-state index contributed by atoms with van der Waals surface area (Å²) in [5.41, 5.74) is 3.67. The van der Waals surface area contributed by atoms with Crippen LogP contribution >= 0.6 is 0 Å². The molecule has 2 heterocycles. The van der Waals surface area contributed by atoms with E-state index >= 15 is 0 Å². The van der Waals surface area contributed by atoms with Crippen molar-refractivity contribution in [3.63, 3.8) is 0 Å². The summed E-state index contributed by atoms with van der Waals surface area (Å²) in [6.45, 7) is 6.97. The van der Waals surface area contributed by atoms with Gasteiger partial charge in [-0.05, 0) is 68.5 Å². The highest BCUT2D eigenvalue weighted by Gasteiger charge is 2.38. The van der Waals surface area contributed by atoms with Crippen molar-refractivity contribution in [3.05, 3.63) is 64.9 Å². The second-order valence-corrected chi connectivity index (χ2v) is 10.1. The topological polar surface area (TPSA) is 86.8 Å². The number of rotatable bonds is 6. The highest BCUT2D eigenvalue weighted by Crippen LogP contribution is 2.32. The first-order valence-corrected chi connectivity index (χ1v) is 12.2. The van der Waals surface area contributed by atoms with Gasteiger partial charge in [-0.2, -0.15) is 4.31 Å². The molecule has 0 aliphatic carbocycles.